The van der Waals surface area contributed by atoms with E-state index in [1.54, 1.807) is 0 Å². The lowest BCUT2D eigenvalue weighted by molar-refractivity contribution is -0.143. The Balaban J connectivity index is 1.78. The number of nitrogens with one attached hydrogen (secondary N) is 2. The van der Waals surface area contributed by atoms with Gasteiger partial charge in [-0.15, -0.1) is 0 Å². The molecule has 0 bridgehead atoms. The van der Waals surface area contributed by atoms with Gasteiger partial charge in [0.1, 0.15) is 0 Å². The van der Waals surface area contributed by atoms with Gasteiger partial charge in [0.2, 0.25) is 0 Å². The van der Waals surface area contributed by atoms with Crippen molar-refractivity contribution in [3.63, 3.8) is 0 Å². The van der Waals surface area contributed by atoms with Crippen molar-refractivity contribution in [3.8, 4) is 0 Å². The van der Waals surface area contributed by atoms with Crippen molar-refractivity contribution in [1.29, 1.82) is 0 Å². The molecule has 1 saturated heterocycles. The van der Waals surface area contributed by atoms with E-state index in [0.29, 0.717) is 25.7 Å². The van der Waals surface area contributed by atoms with E-state index in [1.807, 2.05) is 6.92 Å². The quantitative estimate of drug-likeness (QED) is 0.603. The predicted molar refractivity (Wildman–Crippen MR) is 82.0 cm³/mol. The highest BCUT2D eigenvalue weighted by molar-refractivity contribution is 5.80. The number of aliphatic imine (C=N–C) groups is 1. The predicted octanol–water partition coefficient (Wildman–Crippen LogP) is 2.37. The summed E-state index contributed by atoms with van der Waals surface area (Å²) in [5, 5.41) is 6.66. The minimum absolute atomic E-state index is 0.224. The van der Waals surface area contributed by atoms with Gasteiger partial charge in [-0.3, -0.25) is 9.89 Å². The lowest BCUT2D eigenvalue weighted by atomic mass is 10.1. The molecule has 4 nitrogen and oxygen atoms in total. The summed E-state index contributed by atoms with van der Waals surface area (Å²) >= 11 is 0. The summed E-state index contributed by atoms with van der Waals surface area (Å²) in [5.41, 5.74) is 0. The third kappa shape index (κ3) is 6.02. The van der Waals surface area contributed by atoms with Crippen LogP contribution in [0.2, 0.25) is 0 Å². The third-order valence-electron chi connectivity index (χ3n) is 4.32. The van der Waals surface area contributed by atoms with E-state index < -0.39 is 12.7 Å². The summed E-state index contributed by atoms with van der Waals surface area (Å²) in [7, 11) is 0. The van der Waals surface area contributed by atoms with Gasteiger partial charge in [-0.2, -0.15) is 13.2 Å². The molecule has 0 aromatic carbocycles. The lowest BCUT2D eigenvalue weighted by Crippen LogP contribution is -2.42. The Labute approximate surface area is 130 Å². The Morgan fingerprint density at radius 2 is 1.95 bits per heavy atom. The minimum Gasteiger partial charge on any atom is -0.357 e. The van der Waals surface area contributed by atoms with Crippen LogP contribution in [0.1, 0.15) is 39.0 Å². The van der Waals surface area contributed by atoms with Crippen LogP contribution in [0.15, 0.2) is 4.99 Å². The van der Waals surface area contributed by atoms with Crippen LogP contribution in [0.4, 0.5) is 13.2 Å². The molecule has 0 amide bonds. The maximum Gasteiger partial charge on any atom is 0.401 e. The molecular weight excluding hydrogens is 293 g/mol. The molecular formula is C15H27F3N4. The number of halogens is 3. The first kappa shape index (κ1) is 17.4. The van der Waals surface area contributed by atoms with Gasteiger partial charge in [0.25, 0.3) is 0 Å². The topological polar surface area (TPSA) is 39.7 Å². The largest absolute Gasteiger partial charge is 0.401 e. The first-order valence-electron chi connectivity index (χ1n) is 8.30. The smallest absolute Gasteiger partial charge is 0.357 e. The summed E-state index contributed by atoms with van der Waals surface area (Å²) in [6, 6.07) is 0.489. The average Bonchev–Trinajstić information content (AvgIpc) is 3.06. The summed E-state index contributed by atoms with van der Waals surface area (Å²) in [6.45, 7) is 3.62. The molecule has 1 unspecified atom stereocenters. The van der Waals surface area contributed by atoms with Gasteiger partial charge in [0.15, 0.2) is 5.96 Å². The maximum absolute atomic E-state index is 12.4. The van der Waals surface area contributed by atoms with Crippen molar-refractivity contribution in [3.05, 3.63) is 0 Å². The second kappa shape index (κ2) is 8.04. The number of rotatable bonds is 5. The number of guanidine groups is 1. The van der Waals surface area contributed by atoms with E-state index in [4.69, 9.17) is 0 Å². The molecule has 1 aliphatic heterocycles. The fraction of sp³-hybridized carbons (Fsp3) is 0.933. The van der Waals surface area contributed by atoms with Crippen molar-refractivity contribution in [2.24, 2.45) is 10.9 Å². The maximum atomic E-state index is 12.4. The number of alkyl halides is 3. The molecule has 0 spiro atoms. The van der Waals surface area contributed by atoms with Gasteiger partial charge in [0.05, 0.1) is 6.54 Å². The number of likely N-dealkylation sites (tertiary alicyclic amines) is 1. The minimum atomic E-state index is -4.10. The molecule has 0 aromatic heterocycles. The van der Waals surface area contributed by atoms with Gasteiger partial charge in [0, 0.05) is 25.7 Å². The number of nitrogens with zero attached hydrogens (tertiary/aromatic N) is 2. The Kier molecular flexibility index (Phi) is 6.35. The van der Waals surface area contributed by atoms with Crippen LogP contribution in [0.3, 0.4) is 0 Å². The fourth-order valence-corrected chi connectivity index (χ4v) is 3.26. The van der Waals surface area contributed by atoms with Crippen molar-refractivity contribution in [1.82, 2.24) is 15.5 Å². The molecule has 22 heavy (non-hydrogen) atoms. The molecule has 2 fully saturated rings. The van der Waals surface area contributed by atoms with Gasteiger partial charge in [-0.05, 0) is 38.6 Å². The number of hydrogen-bond acceptors (Lipinski definition) is 2. The molecule has 1 heterocycles. The molecule has 2 rings (SSSR count). The highest BCUT2D eigenvalue weighted by Crippen LogP contribution is 2.23. The summed E-state index contributed by atoms with van der Waals surface area (Å²) in [5.74, 6) is 1.03. The van der Waals surface area contributed by atoms with E-state index >= 15 is 0 Å². The van der Waals surface area contributed by atoms with Crippen LogP contribution >= 0.6 is 0 Å². The third-order valence-corrected chi connectivity index (χ3v) is 4.32. The monoisotopic (exact) mass is 320 g/mol. The van der Waals surface area contributed by atoms with E-state index in [0.717, 1.165) is 18.9 Å². The second-order valence-electron chi connectivity index (χ2n) is 6.35. The van der Waals surface area contributed by atoms with Crippen LogP contribution in [0.5, 0.6) is 0 Å². The highest BCUT2D eigenvalue weighted by Gasteiger charge is 2.34. The molecule has 0 radical (unpaired) electrons. The Morgan fingerprint density at radius 1 is 1.23 bits per heavy atom. The zero-order chi connectivity index (χ0) is 16.0. The van der Waals surface area contributed by atoms with E-state index in [-0.39, 0.29) is 5.92 Å². The van der Waals surface area contributed by atoms with Crippen LogP contribution in [0, 0.1) is 5.92 Å². The normalized spacial score (nSPS) is 24.9. The molecule has 2 N–H and O–H groups in total. The van der Waals surface area contributed by atoms with Crippen molar-refractivity contribution in [2.45, 2.75) is 51.2 Å². The Morgan fingerprint density at radius 3 is 2.59 bits per heavy atom. The van der Waals surface area contributed by atoms with Crippen molar-refractivity contribution >= 4 is 5.96 Å². The molecule has 128 valence electrons. The Hall–Kier alpha value is -0.980. The first-order chi connectivity index (χ1) is 10.5. The second-order valence-corrected chi connectivity index (χ2v) is 6.35. The van der Waals surface area contributed by atoms with Crippen molar-refractivity contribution < 1.29 is 13.2 Å². The first-order valence-corrected chi connectivity index (χ1v) is 8.30. The lowest BCUT2D eigenvalue weighted by Gasteiger charge is -2.18. The molecule has 7 heteroatoms. The summed E-state index contributed by atoms with van der Waals surface area (Å²) < 4.78 is 37.2. The van der Waals surface area contributed by atoms with Gasteiger partial charge < -0.3 is 10.6 Å². The molecule has 1 aliphatic carbocycles. The average molecular weight is 320 g/mol. The SMILES string of the molecule is CCNC(=NCC1CCN(CC(F)(F)F)C1)NC1CCCC1. The summed E-state index contributed by atoms with van der Waals surface area (Å²) in [4.78, 5) is 6.06. The van der Waals surface area contributed by atoms with Crippen LogP contribution in [0.25, 0.3) is 0 Å². The van der Waals surface area contributed by atoms with Gasteiger partial charge in [-0.1, -0.05) is 12.8 Å². The molecule has 1 atom stereocenters. The van der Waals surface area contributed by atoms with Gasteiger partial charge in [-0.25, -0.2) is 0 Å². The molecule has 1 saturated carbocycles. The molecule has 0 aromatic rings. The zero-order valence-corrected chi connectivity index (χ0v) is 13.3. The van der Waals surface area contributed by atoms with E-state index in [1.165, 1.54) is 30.6 Å². The van der Waals surface area contributed by atoms with Crippen LogP contribution < -0.4 is 10.6 Å². The fourth-order valence-electron chi connectivity index (χ4n) is 3.26. The van der Waals surface area contributed by atoms with E-state index in [9.17, 15) is 13.2 Å². The van der Waals surface area contributed by atoms with Crippen molar-refractivity contribution in [2.75, 3.05) is 32.7 Å². The van der Waals surface area contributed by atoms with Gasteiger partial charge >= 0.3 is 6.18 Å². The number of hydrogen-bond donors (Lipinski definition) is 2. The van der Waals surface area contributed by atoms with Crippen LogP contribution in [-0.2, 0) is 0 Å². The summed E-state index contributed by atoms with van der Waals surface area (Å²) in [6.07, 6.45) is 1.55. The standard InChI is InChI=1S/C15H27F3N4/c1-2-19-14(21-13-5-3-4-6-13)20-9-12-7-8-22(10-12)11-15(16,17)18/h12-13H,2-11H2,1H3,(H2,19,20,21). The van der Waals surface area contributed by atoms with E-state index in [2.05, 4.69) is 15.6 Å². The van der Waals surface area contributed by atoms with Crippen LogP contribution in [-0.4, -0.2) is 55.8 Å². The highest BCUT2D eigenvalue weighted by atomic mass is 19.4. The molecule has 2 aliphatic rings. The zero-order valence-electron chi connectivity index (χ0n) is 13.3. The Bertz CT molecular complexity index is 364.